The molecule has 0 heterocycles. The highest BCUT2D eigenvalue weighted by atomic mass is 19.4. The predicted molar refractivity (Wildman–Crippen MR) is 86.4 cm³/mol. The molecular formula is C18H19F3N2O. The van der Waals surface area contributed by atoms with Crippen LogP contribution in [0.1, 0.15) is 17.2 Å². The van der Waals surface area contributed by atoms with Gasteiger partial charge >= 0.3 is 6.18 Å². The fraction of sp³-hybridized carbons (Fsp3) is 0.278. The molecule has 128 valence electrons. The van der Waals surface area contributed by atoms with Gasteiger partial charge in [-0.1, -0.05) is 60.7 Å². The van der Waals surface area contributed by atoms with Gasteiger partial charge in [0.05, 0.1) is 12.6 Å². The number of carbonyl (C=O) groups is 1. The summed E-state index contributed by atoms with van der Waals surface area (Å²) in [5.74, 6) is -0.660. The molecular weight excluding hydrogens is 317 g/mol. The third-order valence-electron chi connectivity index (χ3n) is 3.55. The number of rotatable bonds is 6. The van der Waals surface area contributed by atoms with Gasteiger partial charge in [0, 0.05) is 0 Å². The molecule has 2 aromatic carbocycles. The van der Waals surface area contributed by atoms with Gasteiger partial charge in [0.2, 0.25) is 5.91 Å². The van der Waals surface area contributed by atoms with E-state index >= 15 is 0 Å². The Kier molecular flexibility index (Phi) is 5.98. The molecule has 0 spiro atoms. The van der Waals surface area contributed by atoms with Crippen LogP contribution in [-0.4, -0.2) is 37.1 Å². The summed E-state index contributed by atoms with van der Waals surface area (Å²) in [6, 6.07) is 18.9. The third-order valence-corrected chi connectivity index (χ3v) is 3.55. The molecule has 3 nitrogen and oxygen atoms in total. The maximum absolute atomic E-state index is 12.2. The zero-order valence-corrected chi connectivity index (χ0v) is 13.3. The Bertz CT molecular complexity index is 605. The van der Waals surface area contributed by atoms with E-state index in [0.29, 0.717) is 0 Å². The normalized spacial score (nSPS) is 11.8. The van der Waals surface area contributed by atoms with E-state index in [-0.39, 0.29) is 12.6 Å². The quantitative estimate of drug-likeness (QED) is 0.877. The molecule has 1 N–H and O–H groups in total. The van der Waals surface area contributed by atoms with Crippen molar-refractivity contribution in [3.8, 4) is 0 Å². The van der Waals surface area contributed by atoms with E-state index in [1.54, 1.807) is 11.9 Å². The first kappa shape index (κ1) is 18.0. The SMILES string of the molecule is CN(CC(=O)NCC(F)(F)F)C(c1ccccc1)c1ccccc1. The van der Waals surface area contributed by atoms with Crippen molar-refractivity contribution in [2.24, 2.45) is 0 Å². The van der Waals surface area contributed by atoms with Gasteiger partial charge in [-0.2, -0.15) is 13.2 Å². The topological polar surface area (TPSA) is 32.3 Å². The molecule has 0 aliphatic heterocycles. The number of alkyl halides is 3. The van der Waals surface area contributed by atoms with E-state index in [1.807, 2.05) is 66.0 Å². The van der Waals surface area contributed by atoms with Crippen molar-refractivity contribution >= 4 is 5.91 Å². The van der Waals surface area contributed by atoms with Crippen LogP contribution in [0.2, 0.25) is 0 Å². The van der Waals surface area contributed by atoms with Gasteiger partial charge in [-0.3, -0.25) is 9.69 Å². The molecule has 0 saturated heterocycles. The second kappa shape index (κ2) is 7.97. The minimum absolute atomic E-state index is 0.134. The molecule has 0 unspecified atom stereocenters. The minimum Gasteiger partial charge on any atom is -0.346 e. The van der Waals surface area contributed by atoms with Crippen LogP contribution in [0.3, 0.4) is 0 Å². The Morgan fingerprint density at radius 3 is 1.88 bits per heavy atom. The fourth-order valence-electron chi connectivity index (χ4n) is 2.54. The van der Waals surface area contributed by atoms with Crippen molar-refractivity contribution in [2.45, 2.75) is 12.2 Å². The van der Waals surface area contributed by atoms with Gasteiger partial charge < -0.3 is 5.32 Å². The molecule has 24 heavy (non-hydrogen) atoms. The zero-order valence-electron chi connectivity index (χ0n) is 13.3. The van der Waals surface area contributed by atoms with Crippen molar-refractivity contribution in [2.75, 3.05) is 20.1 Å². The lowest BCUT2D eigenvalue weighted by molar-refractivity contribution is -0.139. The van der Waals surface area contributed by atoms with E-state index in [0.717, 1.165) is 11.1 Å². The number of nitrogens with zero attached hydrogens (tertiary/aromatic N) is 1. The molecule has 1 amide bonds. The zero-order chi connectivity index (χ0) is 17.6. The first-order valence-electron chi connectivity index (χ1n) is 7.50. The highest BCUT2D eigenvalue weighted by Gasteiger charge is 2.28. The Morgan fingerprint density at radius 1 is 1.00 bits per heavy atom. The second-order valence-electron chi connectivity index (χ2n) is 5.53. The Balaban J connectivity index is 2.14. The van der Waals surface area contributed by atoms with Crippen LogP contribution in [0.25, 0.3) is 0 Å². The van der Waals surface area contributed by atoms with Crippen LogP contribution < -0.4 is 5.32 Å². The van der Waals surface area contributed by atoms with E-state index < -0.39 is 18.6 Å². The average Bonchev–Trinajstić information content (AvgIpc) is 2.54. The Labute approximate surface area is 139 Å². The van der Waals surface area contributed by atoms with Crippen molar-refractivity contribution in [1.82, 2.24) is 10.2 Å². The number of amides is 1. The minimum atomic E-state index is -4.41. The van der Waals surface area contributed by atoms with Crippen molar-refractivity contribution in [3.05, 3.63) is 71.8 Å². The average molecular weight is 336 g/mol. The molecule has 0 fully saturated rings. The molecule has 0 aliphatic rings. The summed E-state index contributed by atoms with van der Waals surface area (Å²) in [7, 11) is 1.72. The van der Waals surface area contributed by atoms with Crippen LogP contribution in [0.4, 0.5) is 13.2 Å². The second-order valence-corrected chi connectivity index (χ2v) is 5.53. The van der Waals surface area contributed by atoms with Gasteiger partial charge in [0.1, 0.15) is 6.54 Å². The van der Waals surface area contributed by atoms with Crippen LogP contribution in [0.15, 0.2) is 60.7 Å². The van der Waals surface area contributed by atoms with Gasteiger partial charge in [0.25, 0.3) is 0 Å². The monoisotopic (exact) mass is 336 g/mol. The highest BCUT2D eigenvalue weighted by Crippen LogP contribution is 2.27. The fourth-order valence-corrected chi connectivity index (χ4v) is 2.54. The molecule has 2 aromatic rings. The van der Waals surface area contributed by atoms with Crippen LogP contribution >= 0.6 is 0 Å². The Morgan fingerprint density at radius 2 is 1.46 bits per heavy atom. The van der Waals surface area contributed by atoms with Gasteiger partial charge in [0.15, 0.2) is 0 Å². The van der Waals surface area contributed by atoms with Crippen LogP contribution in [0, 0.1) is 0 Å². The Hall–Kier alpha value is -2.34. The van der Waals surface area contributed by atoms with E-state index in [4.69, 9.17) is 0 Å². The number of carbonyl (C=O) groups excluding carboxylic acids is 1. The molecule has 0 saturated carbocycles. The molecule has 0 aromatic heterocycles. The summed E-state index contributed by atoms with van der Waals surface area (Å²) in [6.45, 7) is -1.45. The van der Waals surface area contributed by atoms with Crippen LogP contribution in [0.5, 0.6) is 0 Å². The predicted octanol–water partition coefficient (Wildman–Crippen LogP) is 3.39. The van der Waals surface area contributed by atoms with Gasteiger partial charge in [-0.25, -0.2) is 0 Å². The van der Waals surface area contributed by atoms with E-state index in [1.165, 1.54) is 0 Å². The lowest BCUT2D eigenvalue weighted by atomic mass is 9.97. The smallest absolute Gasteiger partial charge is 0.346 e. The molecule has 6 heteroatoms. The third kappa shape index (κ3) is 5.38. The summed E-state index contributed by atoms with van der Waals surface area (Å²) in [5.41, 5.74) is 1.93. The summed E-state index contributed by atoms with van der Waals surface area (Å²) >= 11 is 0. The summed E-state index contributed by atoms with van der Waals surface area (Å²) < 4.78 is 36.6. The first-order chi connectivity index (χ1) is 11.4. The number of benzene rings is 2. The molecule has 0 radical (unpaired) electrons. The van der Waals surface area contributed by atoms with Crippen molar-refractivity contribution < 1.29 is 18.0 Å². The summed E-state index contributed by atoms with van der Waals surface area (Å²) in [4.78, 5) is 13.5. The molecule has 0 aliphatic carbocycles. The van der Waals surface area contributed by atoms with Crippen LogP contribution in [-0.2, 0) is 4.79 Å². The largest absolute Gasteiger partial charge is 0.405 e. The maximum atomic E-state index is 12.2. The van der Waals surface area contributed by atoms with E-state index in [9.17, 15) is 18.0 Å². The highest BCUT2D eigenvalue weighted by molar-refractivity contribution is 5.78. The maximum Gasteiger partial charge on any atom is 0.405 e. The number of halogens is 3. The number of hydrogen-bond acceptors (Lipinski definition) is 2. The molecule has 0 bridgehead atoms. The standard InChI is InChI=1S/C18H19F3N2O/c1-23(12-16(24)22-13-18(19,20)21)17(14-8-4-2-5-9-14)15-10-6-3-7-11-15/h2-11,17H,12-13H2,1H3,(H,22,24). The summed E-state index contributed by atoms with van der Waals surface area (Å²) in [6.07, 6.45) is -4.41. The van der Waals surface area contributed by atoms with E-state index in [2.05, 4.69) is 0 Å². The van der Waals surface area contributed by atoms with Crippen molar-refractivity contribution in [3.63, 3.8) is 0 Å². The van der Waals surface area contributed by atoms with Crippen molar-refractivity contribution in [1.29, 1.82) is 0 Å². The summed E-state index contributed by atoms with van der Waals surface area (Å²) in [5, 5.41) is 1.91. The lowest BCUT2D eigenvalue weighted by Gasteiger charge is -2.28. The van der Waals surface area contributed by atoms with Gasteiger partial charge in [-0.15, -0.1) is 0 Å². The number of likely N-dealkylation sites (N-methyl/N-ethyl adjacent to an activating group) is 1. The van der Waals surface area contributed by atoms with Gasteiger partial charge in [-0.05, 0) is 18.2 Å². The number of nitrogens with one attached hydrogen (secondary N) is 1. The molecule has 0 atom stereocenters. The molecule has 2 rings (SSSR count). The lowest BCUT2D eigenvalue weighted by Crippen LogP contribution is -2.41. The first-order valence-corrected chi connectivity index (χ1v) is 7.50. The number of hydrogen-bond donors (Lipinski definition) is 1.